The van der Waals surface area contributed by atoms with Gasteiger partial charge in [-0.05, 0) is 30.5 Å². The normalized spacial score (nSPS) is 15.3. The van der Waals surface area contributed by atoms with Crippen molar-refractivity contribution >= 4 is 11.9 Å². The molecule has 0 spiro atoms. The summed E-state index contributed by atoms with van der Waals surface area (Å²) in [5.41, 5.74) is 0.431. The Hall–Kier alpha value is -2.24. The predicted molar refractivity (Wildman–Crippen MR) is 70.9 cm³/mol. The fourth-order valence-corrected chi connectivity index (χ4v) is 2.19. The molecule has 1 aromatic rings. The molecule has 1 aliphatic rings. The van der Waals surface area contributed by atoms with E-state index >= 15 is 0 Å². The number of amides is 1. The Morgan fingerprint density at radius 2 is 1.90 bits per heavy atom. The van der Waals surface area contributed by atoms with E-state index in [-0.39, 0.29) is 0 Å². The molecule has 1 aliphatic carbocycles. The van der Waals surface area contributed by atoms with Crippen LogP contribution in [0.25, 0.3) is 0 Å². The predicted octanol–water partition coefficient (Wildman–Crippen LogP) is 1.28. The lowest BCUT2D eigenvalue weighted by Crippen LogP contribution is -2.35. The van der Waals surface area contributed by atoms with E-state index in [2.05, 4.69) is 5.32 Å². The summed E-state index contributed by atoms with van der Waals surface area (Å²) in [5.74, 6) is -0.414. The van der Waals surface area contributed by atoms with Crippen LogP contribution in [0.4, 0.5) is 0 Å². The van der Waals surface area contributed by atoms with Crippen molar-refractivity contribution in [2.45, 2.75) is 24.8 Å². The van der Waals surface area contributed by atoms with Crippen molar-refractivity contribution in [3.63, 3.8) is 0 Å². The molecule has 0 unspecified atom stereocenters. The number of benzene rings is 1. The molecule has 0 aliphatic heterocycles. The lowest BCUT2D eigenvalue weighted by atomic mass is 10.0. The Balaban J connectivity index is 2.18. The van der Waals surface area contributed by atoms with Gasteiger partial charge in [-0.25, -0.2) is 0 Å². The Morgan fingerprint density at radius 3 is 2.40 bits per heavy atom. The SMILES string of the molecule is COc1ccc(C2(NC(=O)CC(=O)O)CC2)cc1OC. The number of carboxylic acid groups (broad SMARTS) is 1. The average molecular weight is 279 g/mol. The van der Waals surface area contributed by atoms with Crippen LogP contribution in [-0.2, 0) is 15.1 Å². The number of carboxylic acids is 1. The number of aliphatic carboxylic acids is 1. The van der Waals surface area contributed by atoms with Crippen LogP contribution in [0, 0.1) is 0 Å². The summed E-state index contributed by atoms with van der Waals surface area (Å²) in [6.07, 6.45) is 1.05. The summed E-state index contributed by atoms with van der Waals surface area (Å²) in [7, 11) is 3.10. The van der Waals surface area contributed by atoms with Crippen LogP contribution < -0.4 is 14.8 Å². The number of carbonyl (C=O) groups is 2. The van der Waals surface area contributed by atoms with Gasteiger partial charge in [0.2, 0.25) is 5.91 Å². The van der Waals surface area contributed by atoms with Crippen LogP contribution in [0.1, 0.15) is 24.8 Å². The van der Waals surface area contributed by atoms with Crippen LogP contribution in [-0.4, -0.2) is 31.2 Å². The molecule has 20 heavy (non-hydrogen) atoms. The second kappa shape index (κ2) is 5.40. The van der Waals surface area contributed by atoms with Gasteiger partial charge in [-0.3, -0.25) is 9.59 Å². The van der Waals surface area contributed by atoms with E-state index in [9.17, 15) is 9.59 Å². The molecule has 2 rings (SSSR count). The second-order valence-corrected chi connectivity index (χ2v) is 4.77. The Labute approximate surface area is 116 Å². The topological polar surface area (TPSA) is 84.9 Å². The van der Waals surface area contributed by atoms with E-state index in [0.29, 0.717) is 11.5 Å². The van der Waals surface area contributed by atoms with Crippen molar-refractivity contribution in [2.24, 2.45) is 0 Å². The van der Waals surface area contributed by atoms with E-state index in [1.807, 2.05) is 12.1 Å². The largest absolute Gasteiger partial charge is 0.493 e. The molecule has 0 saturated heterocycles. The van der Waals surface area contributed by atoms with Gasteiger partial charge in [0.25, 0.3) is 0 Å². The van der Waals surface area contributed by atoms with Crippen LogP contribution in [0.3, 0.4) is 0 Å². The van der Waals surface area contributed by atoms with E-state index in [1.54, 1.807) is 20.3 Å². The third-order valence-corrected chi connectivity index (χ3v) is 3.38. The summed E-state index contributed by atoms with van der Waals surface area (Å²) < 4.78 is 10.4. The maximum atomic E-state index is 11.6. The molecule has 0 aromatic heterocycles. The molecule has 1 amide bonds. The minimum atomic E-state index is -1.13. The lowest BCUT2D eigenvalue weighted by molar-refractivity contribution is -0.140. The van der Waals surface area contributed by atoms with Gasteiger partial charge < -0.3 is 19.9 Å². The molecule has 1 saturated carbocycles. The monoisotopic (exact) mass is 279 g/mol. The minimum Gasteiger partial charge on any atom is -0.493 e. The molecule has 108 valence electrons. The smallest absolute Gasteiger partial charge is 0.312 e. The van der Waals surface area contributed by atoms with Crippen LogP contribution in [0.5, 0.6) is 11.5 Å². The molecule has 0 heterocycles. The highest BCUT2D eigenvalue weighted by Gasteiger charge is 2.46. The molecule has 0 atom stereocenters. The Kier molecular flexibility index (Phi) is 3.83. The first kappa shape index (κ1) is 14.2. The van der Waals surface area contributed by atoms with Crippen LogP contribution >= 0.6 is 0 Å². The number of methoxy groups -OCH3 is 2. The lowest BCUT2D eigenvalue weighted by Gasteiger charge is -2.19. The maximum Gasteiger partial charge on any atom is 0.312 e. The number of hydrogen-bond donors (Lipinski definition) is 2. The molecule has 6 nitrogen and oxygen atoms in total. The first-order valence-corrected chi connectivity index (χ1v) is 6.26. The number of nitrogens with one attached hydrogen (secondary N) is 1. The van der Waals surface area contributed by atoms with Gasteiger partial charge in [0.15, 0.2) is 11.5 Å². The van der Waals surface area contributed by atoms with Crippen molar-refractivity contribution in [3.05, 3.63) is 23.8 Å². The standard InChI is InChI=1S/C14H17NO5/c1-19-10-4-3-9(7-11(10)20-2)14(5-6-14)15-12(16)8-13(17)18/h3-4,7H,5-6,8H2,1-2H3,(H,15,16)(H,17,18). The fraction of sp³-hybridized carbons (Fsp3) is 0.429. The van der Waals surface area contributed by atoms with Gasteiger partial charge in [-0.15, -0.1) is 0 Å². The Morgan fingerprint density at radius 1 is 1.25 bits per heavy atom. The minimum absolute atomic E-state index is 0.466. The van der Waals surface area contributed by atoms with E-state index in [0.717, 1.165) is 18.4 Å². The van der Waals surface area contributed by atoms with Crippen molar-refractivity contribution in [3.8, 4) is 11.5 Å². The summed E-state index contributed by atoms with van der Waals surface area (Å²) in [4.78, 5) is 22.2. The first-order chi connectivity index (χ1) is 9.50. The number of ether oxygens (including phenoxy) is 2. The first-order valence-electron chi connectivity index (χ1n) is 6.26. The highest BCUT2D eigenvalue weighted by atomic mass is 16.5. The highest BCUT2D eigenvalue weighted by molar-refractivity contribution is 5.93. The average Bonchev–Trinajstić information content (AvgIpc) is 3.17. The van der Waals surface area contributed by atoms with Gasteiger partial charge in [0.05, 0.1) is 19.8 Å². The molecule has 1 fully saturated rings. The van der Waals surface area contributed by atoms with Crippen molar-refractivity contribution in [2.75, 3.05) is 14.2 Å². The zero-order chi connectivity index (χ0) is 14.8. The molecule has 1 aromatic carbocycles. The van der Waals surface area contributed by atoms with Gasteiger partial charge in [0, 0.05) is 0 Å². The third kappa shape index (κ3) is 2.84. The van der Waals surface area contributed by atoms with Gasteiger partial charge in [-0.1, -0.05) is 6.07 Å². The van der Waals surface area contributed by atoms with Crippen LogP contribution in [0.15, 0.2) is 18.2 Å². The number of rotatable bonds is 6. The van der Waals surface area contributed by atoms with Crippen molar-refractivity contribution in [1.82, 2.24) is 5.32 Å². The molecule has 0 radical (unpaired) electrons. The Bertz CT molecular complexity index is 536. The summed E-state index contributed by atoms with van der Waals surface area (Å²) >= 11 is 0. The second-order valence-electron chi connectivity index (χ2n) is 4.77. The van der Waals surface area contributed by atoms with Crippen molar-refractivity contribution < 1.29 is 24.2 Å². The van der Waals surface area contributed by atoms with Crippen molar-refractivity contribution in [1.29, 1.82) is 0 Å². The number of hydrogen-bond acceptors (Lipinski definition) is 4. The zero-order valence-corrected chi connectivity index (χ0v) is 11.4. The molecule has 2 N–H and O–H groups in total. The zero-order valence-electron chi connectivity index (χ0n) is 11.4. The van der Waals surface area contributed by atoms with E-state index < -0.39 is 23.8 Å². The molecule has 0 bridgehead atoms. The third-order valence-electron chi connectivity index (χ3n) is 3.38. The fourth-order valence-electron chi connectivity index (χ4n) is 2.19. The maximum absolute atomic E-state index is 11.6. The van der Waals surface area contributed by atoms with Gasteiger partial charge >= 0.3 is 5.97 Å². The van der Waals surface area contributed by atoms with Crippen LogP contribution in [0.2, 0.25) is 0 Å². The quantitative estimate of drug-likeness (QED) is 0.766. The molecular weight excluding hydrogens is 262 g/mol. The number of carbonyl (C=O) groups excluding carboxylic acids is 1. The summed E-state index contributed by atoms with van der Waals surface area (Å²) in [6, 6.07) is 5.44. The van der Waals surface area contributed by atoms with Gasteiger partial charge in [0.1, 0.15) is 6.42 Å². The molecular formula is C14H17NO5. The van der Waals surface area contributed by atoms with E-state index in [4.69, 9.17) is 14.6 Å². The summed E-state index contributed by atoms with van der Waals surface area (Å²) in [5, 5.41) is 11.4. The van der Waals surface area contributed by atoms with E-state index in [1.165, 1.54) is 0 Å². The highest BCUT2D eigenvalue weighted by Crippen LogP contribution is 2.47. The molecule has 6 heteroatoms. The van der Waals surface area contributed by atoms with Gasteiger partial charge in [-0.2, -0.15) is 0 Å². The summed E-state index contributed by atoms with van der Waals surface area (Å²) in [6.45, 7) is 0.